The predicted molar refractivity (Wildman–Crippen MR) is 64.3 cm³/mol. The third kappa shape index (κ3) is 2.62. The molecule has 2 aromatic heterocycles. The van der Waals surface area contributed by atoms with E-state index in [0.29, 0.717) is 6.04 Å². The number of rotatable bonds is 4. The molecule has 0 spiro atoms. The largest absolute Gasteiger partial charge is 0.301 e. The Morgan fingerprint density at radius 1 is 1.33 bits per heavy atom. The summed E-state index contributed by atoms with van der Waals surface area (Å²) in [5, 5.41) is 6.61. The first-order chi connectivity index (χ1) is 7.27. The number of hydrogen-bond donors (Lipinski definition) is 1. The first-order valence-corrected chi connectivity index (χ1v) is 6.57. The molecule has 2 aromatic rings. The Morgan fingerprint density at radius 3 is 2.73 bits per heavy atom. The maximum atomic E-state index is 4.36. The minimum Gasteiger partial charge on any atom is -0.301 e. The Morgan fingerprint density at radius 2 is 2.20 bits per heavy atom. The van der Waals surface area contributed by atoms with Crippen LogP contribution in [-0.2, 0) is 0 Å². The average molecular weight is 239 g/mol. The van der Waals surface area contributed by atoms with Gasteiger partial charge in [-0.3, -0.25) is 4.98 Å². The van der Waals surface area contributed by atoms with E-state index in [4.69, 9.17) is 0 Å². The molecule has 5 heteroatoms. The lowest BCUT2D eigenvalue weighted by atomic mass is 10.2. The summed E-state index contributed by atoms with van der Waals surface area (Å²) in [7, 11) is 0. The van der Waals surface area contributed by atoms with Crippen molar-refractivity contribution in [2.45, 2.75) is 25.9 Å². The van der Waals surface area contributed by atoms with Gasteiger partial charge in [-0.25, -0.2) is 4.98 Å². The Bertz CT molecular complexity index is 346. The maximum absolute atomic E-state index is 4.36. The standard InChI is InChI=1S/C10H13N3S2/c1-7(2)13-9(8-5-11-6-15-8)10-12-3-4-14-10/h3-7,9,13H,1-2H3. The van der Waals surface area contributed by atoms with Crippen LogP contribution in [0.25, 0.3) is 0 Å². The molecule has 1 unspecified atom stereocenters. The summed E-state index contributed by atoms with van der Waals surface area (Å²) in [6, 6.07) is 0.624. The van der Waals surface area contributed by atoms with Gasteiger partial charge in [0.25, 0.3) is 0 Å². The maximum Gasteiger partial charge on any atom is 0.115 e. The van der Waals surface area contributed by atoms with Crippen molar-refractivity contribution >= 4 is 22.7 Å². The molecule has 1 atom stereocenters. The van der Waals surface area contributed by atoms with Gasteiger partial charge in [-0.05, 0) is 13.8 Å². The molecule has 0 amide bonds. The van der Waals surface area contributed by atoms with Gasteiger partial charge in [-0.15, -0.1) is 22.7 Å². The lowest BCUT2D eigenvalue weighted by Crippen LogP contribution is -2.28. The van der Waals surface area contributed by atoms with Crippen molar-refractivity contribution in [3.63, 3.8) is 0 Å². The quantitative estimate of drug-likeness (QED) is 0.891. The molecule has 0 aliphatic rings. The Labute approximate surface area is 97.2 Å². The summed E-state index contributed by atoms with van der Waals surface area (Å²) in [5.74, 6) is 0. The fourth-order valence-corrected chi connectivity index (χ4v) is 2.82. The van der Waals surface area contributed by atoms with E-state index in [0.717, 1.165) is 5.01 Å². The lowest BCUT2D eigenvalue weighted by Gasteiger charge is -2.17. The minimum atomic E-state index is 0.192. The van der Waals surface area contributed by atoms with E-state index in [2.05, 4.69) is 29.1 Å². The zero-order chi connectivity index (χ0) is 10.7. The third-order valence-corrected chi connectivity index (χ3v) is 3.62. The summed E-state index contributed by atoms with van der Waals surface area (Å²) in [6.45, 7) is 4.28. The normalized spacial score (nSPS) is 13.3. The Balaban J connectivity index is 2.25. The van der Waals surface area contributed by atoms with Crippen molar-refractivity contribution < 1.29 is 0 Å². The van der Waals surface area contributed by atoms with E-state index in [1.54, 1.807) is 22.7 Å². The predicted octanol–water partition coefficient (Wildman–Crippen LogP) is 2.69. The van der Waals surface area contributed by atoms with Gasteiger partial charge in [0.1, 0.15) is 5.01 Å². The van der Waals surface area contributed by atoms with Crippen molar-refractivity contribution in [3.05, 3.63) is 33.2 Å². The highest BCUT2D eigenvalue weighted by molar-refractivity contribution is 7.11. The molecule has 0 saturated heterocycles. The molecular formula is C10H13N3S2. The van der Waals surface area contributed by atoms with Crippen LogP contribution in [-0.4, -0.2) is 16.0 Å². The van der Waals surface area contributed by atoms with Crippen LogP contribution in [0, 0.1) is 0 Å². The molecular weight excluding hydrogens is 226 g/mol. The van der Waals surface area contributed by atoms with Crippen molar-refractivity contribution in [2.24, 2.45) is 0 Å². The smallest absolute Gasteiger partial charge is 0.115 e. The fourth-order valence-electron chi connectivity index (χ4n) is 1.35. The van der Waals surface area contributed by atoms with Crippen molar-refractivity contribution in [2.75, 3.05) is 0 Å². The molecule has 80 valence electrons. The van der Waals surface area contributed by atoms with Crippen LogP contribution in [0.5, 0.6) is 0 Å². The van der Waals surface area contributed by atoms with Gasteiger partial charge in [-0.1, -0.05) is 0 Å². The van der Waals surface area contributed by atoms with E-state index in [1.165, 1.54) is 4.88 Å². The molecule has 0 radical (unpaired) electrons. The molecule has 0 aliphatic heterocycles. The Hall–Kier alpha value is -0.780. The monoisotopic (exact) mass is 239 g/mol. The molecule has 0 bridgehead atoms. The van der Waals surface area contributed by atoms with Gasteiger partial charge in [-0.2, -0.15) is 0 Å². The summed E-state index contributed by atoms with van der Waals surface area (Å²) in [6.07, 6.45) is 3.75. The number of thiazole rings is 2. The second kappa shape index (κ2) is 4.83. The van der Waals surface area contributed by atoms with Crippen LogP contribution in [0.3, 0.4) is 0 Å². The summed E-state index contributed by atoms with van der Waals surface area (Å²) in [5.41, 5.74) is 1.86. The molecule has 15 heavy (non-hydrogen) atoms. The Kier molecular flexibility index (Phi) is 3.45. The van der Waals surface area contributed by atoms with Crippen LogP contribution >= 0.6 is 22.7 Å². The van der Waals surface area contributed by atoms with Gasteiger partial charge in [0.2, 0.25) is 0 Å². The molecule has 0 saturated carbocycles. The fraction of sp³-hybridized carbons (Fsp3) is 0.400. The second-order valence-corrected chi connectivity index (χ2v) is 5.37. The number of aromatic nitrogens is 2. The number of nitrogens with zero attached hydrogens (tertiary/aromatic N) is 2. The van der Waals surface area contributed by atoms with Crippen LogP contribution in [0.4, 0.5) is 0 Å². The van der Waals surface area contributed by atoms with Crippen molar-refractivity contribution in [3.8, 4) is 0 Å². The highest BCUT2D eigenvalue weighted by atomic mass is 32.1. The molecule has 0 fully saturated rings. The van der Waals surface area contributed by atoms with Gasteiger partial charge >= 0.3 is 0 Å². The van der Waals surface area contributed by atoms with Crippen LogP contribution < -0.4 is 5.32 Å². The van der Waals surface area contributed by atoms with E-state index in [-0.39, 0.29) is 6.04 Å². The van der Waals surface area contributed by atoms with Crippen molar-refractivity contribution in [1.29, 1.82) is 0 Å². The van der Waals surface area contributed by atoms with Gasteiger partial charge in [0.05, 0.1) is 11.6 Å². The average Bonchev–Trinajstić information content (AvgIpc) is 2.87. The highest BCUT2D eigenvalue weighted by Gasteiger charge is 2.18. The van der Waals surface area contributed by atoms with Gasteiger partial charge in [0, 0.05) is 28.7 Å². The number of hydrogen-bond acceptors (Lipinski definition) is 5. The van der Waals surface area contributed by atoms with Crippen LogP contribution in [0.2, 0.25) is 0 Å². The minimum absolute atomic E-state index is 0.192. The first kappa shape index (κ1) is 10.7. The molecule has 0 aliphatic carbocycles. The second-order valence-electron chi connectivity index (χ2n) is 3.53. The topological polar surface area (TPSA) is 37.8 Å². The van der Waals surface area contributed by atoms with Gasteiger partial charge in [0.15, 0.2) is 0 Å². The SMILES string of the molecule is CC(C)NC(c1cncs1)c1nccs1. The summed E-state index contributed by atoms with van der Waals surface area (Å²) in [4.78, 5) is 9.70. The van der Waals surface area contributed by atoms with E-state index in [1.807, 2.05) is 23.3 Å². The third-order valence-electron chi connectivity index (χ3n) is 1.93. The van der Waals surface area contributed by atoms with E-state index >= 15 is 0 Å². The number of nitrogens with one attached hydrogen (secondary N) is 1. The molecule has 3 nitrogen and oxygen atoms in total. The molecule has 2 heterocycles. The first-order valence-electron chi connectivity index (χ1n) is 4.81. The summed E-state index contributed by atoms with van der Waals surface area (Å²) >= 11 is 3.34. The van der Waals surface area contributed by atoms with E-state index in [9.17, 15) is 0 Å². The van der Waals surface area contributed by atoms with Crippen LogP contribution in [0.15, 0.2) is 23.3 Å². The summed E-state index contributed by atoms with van der Waals surface area (Å²) < 4.78 is 0. The zero-order valence-electron chi connectivity index (χ0n) is 8.68. The lowest BCUT2D eigenvalue weighted by molar-refractivity contribution is 0.532. The molecule has 1 N–H and O–H groups in total. The molecule has 0 aromatic carbocycles. The van der Waals surface area contributed by atoms with Crippen LogP contribution in [0.1, 0.15) is 29.8 Å². The van der Waals surface area contributed by atoms with E-state index < -0.39 is 0 Å². The van der Waals surface area contributed by atoms with Gasteiger partial charge < -0.3 is 5.32 Å². The van der Waals surface area contributed by atoms with Crippen molar-refractivity contribution in [1.82, 2.24) is 15.3 Å². The zero-order valence-corrected chi connectivity index (χ0v) is 10.3. The molecule has 2 rings (SSSR count). The highest BCUT2D eigenvalue weighted by Crippen LogP contribution is 2.26.